The first-order valence-electron chi connectivity index (χ1n) is 6.36. The van der Waals surface area contributed by atoms with E-state index >= 15 is 0 Å². The first-order valence-corrected chi connectivity index (χ1v) is 7.80. The zero-order chi connectivity index (χ0) is 13.2. The quantitative estimate of drug-likeness (QED) is 0.778. The predicted molar refractivity (Wildman–Crippen MR) is 67.9 cm³/mol. The number of hydrogen-bond acceptors (Lipinski definition) is 4. The van der Waals surface area contributed by atoms with E-state index < -0.39 is 15.7 Å². The Kier molecular flexibility index (Phi) is 3.92. The van der Waals surface area contributed by atoms with Crippen molar-refractivity contribution in [3.05, 3.63) is 0 Å². The van der Waals surface area contributed by atoms with Crippen molar-refractivity contribution in [1.29, 1.82) is 5.26 Å². The fourth-order valence-corrected chi connectivity index (χ4v) is 4.09. The standard InChI is InChI=1S/C11H20N4O2S/c1-14-8-4-11(10-12,5-9-14)13-18(16,17)15-6-2-3-7-15/h13H,2-9H2,1H3. The summed E-state index contributed by atoms with van der Waals surface area (Å²) in [5.41, 5.74) is -0.923. The van der Waals surface area contributed by atoms with Gasteiger partial charge in [0.2, 0.25) is 0 Å². The molecule has 1 N–H and O–H groups in total. The molecule has 2 aliphatic heterocycles. The molecule has 0 bridgehead atoms. The lowest BCUT2D eigenvalue weighted by molar-refractivity contribution is 0.211. The van der Waals surface area contributed by atoms with Crippen molar-refractivity contribution >= 4 is 10.2 Å². The van der Waals surface area contributed by atoms with Crippen molar-refractivity contribution in [3.8, 4) is 6.07 Å². The maximum Gasteiger partial charge on any atom is 0.280 e. The van der Waals surface area contributed by atoms with Crippen molar-refractivity contribution in [2.45, 2.75) is 31.2 Å². The Hall–Kier alpha value is -0.680. The van der Waals surface area contributed by atoms with Gasteiger partial charge in [-0.15, -0.1) is 0 Å². The summed E-state index contributed by atoms with van der Waals surface area (Å²) in [5.74, 6) is 0. The van der Waals surface area contributed by atoms with Crippen LogP contribution in [0.2, 0.25) is 0 Å². The lowest BCUT2D eigenvalue weighted by Gasteiger charge is -2.36. The van der Waals surface area contributed by atoms with E-state index in [2.05, 4.69) is 15.7 Å². The molecule has 0 aromatic rings. The number of nitrogens with one attached hydrogen (secondary N) is 1. The molecule has 2 aliphatic rings. The molecule has 0 saturated carbocycles. The summed E-state index contributed by atoms with van der Waals surface area (Å²) in [6.07, 6.45) is 2.91. The van der Waals surface area contributed by atoms with Crippen molar-refractivity contribution < 1.29 is 8.42 Å². The first kappa shape index (κ1) is 13.7. The number of likely N-dealkylation sites (tertiary alicyclic amines) is 1. The second-order valence-electron chi connectivity index (χ2n) is 5.21. The van der Waals surface area contributed by atoms with E-state index in [-0.39, 0.29) is 0 Å². The minimum Gasteiger partial charge on any atom is -0.306 e. The zero-order valence-corrected chi connectivity index (χ0v) is 11.5. The minimum atomic E-state index is -3.51. The molecule has 18 heavy (non-hydrogen) atoms. The summed E-state index contributed by atoms with van der Waals surface area (Å²) in [6.45, 7) is 2.62. The average Bonchev–Trinajstić information content (AvgIpc) is 2.87. The maximum absolute atomic E-state index is 12.2. The van der Waals surface area contributed by atoms with Crippen molar-refractivity contribution in [3.63, 3.8) is 0 Å². The normalized spacial score (nSPS) is 26.0. The van der Waals surface area contributed by atoms with E-state index in [0.717, 1.165) is 25.9 Å². The molecule has 7 heteroatoms. The van der Waals surface area contributed by atoms with Gasteiger partial charge in [0.25, 0.3) is 10.2 Å². The fourth-order valence-electron chi connectivity index (χ4n) is 2.48. The smallest absolute Gasteiger partial charge is 0.280 e. The number of piperidine rings is 1. The predicted octanol–water partition coefficient (Wildman–Crippen LogP) is -0.0954. The molecule has 2 saturated heterocycles. The first-order chi connectivity index (χ1) is 8.47. The Morgan fingerprint density at radius 1 is 1.17 bits per heavy atom. The van der Waals surface area contributed by atoms with Gasteiger partial charge in [-0.25, -0.2) is 0 Å². The van der Waals surface area contributed by atoms with Crippen LogP contribution in [0.1, 0.15) is 25.7 Å². The lowest BCUT2D eigenvalue weighted by Crippen LogP contribution is -2.56. The SMILES string of the molecule is CN1CCC(C#N)(NS(=O)(=O)N2CCCC2)CC1. The van der Waals surface area contributed by atoms with Crippen LogP contribution in [0.4, 0.5) is 0 Å². The molecule has 0 aromatic carbocycles. The van der Waals surface area contributed by atoms with E-state index in [4.69, 9.17) is 0 Å². The van der Waals surface area contributed by atoms with Gasteiger partial charge in [-0.3, -0.25) is 0 Å². The number of rotatable bonds is 3. The van der Waals surface area contributed by atoms with Gasteiger partial charge in [-0.1, -0.05) is 0 Å². The van der Waals surface area contributed by atoms with Crippen molar-refractivity contribution in [1.82, 2.24) is 13.9 Å². The highest BCUT2D eigenvalue weighted by atomic mass is 32.2. The van der Waals surface area contributed by atoms with Crippen LogP contribution in [-0.4, -0.2) is 56.4 Å². The summed E-state index contributed by atoms with van der Waals surface area (Å²) in [4.78, 5) is 2.11. The van der Waals surface area contributed by atoms with Crippen LogP contribution in [0, 0.1) is 11.3 Å². The number of hydrogen-bond donors (Lipinski definition) is 1. The second kappa shape index (κ2) is 5.13. The van der Waals surface area contributed by atoms with E-state index in [0.29, 0.717) is 25.9 Å². The van der Waals surface area contributed by atoms with Crippen LogP contribution in [-0.2, 0) is 10.2 Å². The van der Waals surface area contributed by atoms with Gasteiger partial charge in [0.15, 0.2) is 0 Å². The molecule has 0 atom stereocenters. The van der Waals surface area contributed by atoms with Gasteiger partial charge in [-0.2, -0.15) is 22.7 Å². The summed E-state index contributed by atoms with van der Waals surface area (Å²) in [6, 6.07) is 2.17. The Morgan fingerprint density at radius 3 is 2.22 bits per heavy atom. The Bertz CT molecular complexity index is 428. The van der Waals surface area contributed by atoms with E-state index in [9.17, 15) is 13.7 Å². The van der Waals surface area contributed by atoms with E-state index in [1.165, 1.54) is 4.31 Å². The van der Waals surface area contributed by atoms with Crippen molar-refractivity contribution in [2.24, 2.45) is 0 Å². The van der Waals surface area contributed by atoms with Crippen LogP contribution in [0.5, 0.6) is 0 Å². The largest absolute Gasteiger partial charge is 0.306 e. The fraction of sp³-hybridized carbons (Fsp3) is 0.909. The molecule has 0 unspecified atom stereocenters. The van der Waals surface area contributed by atoms with Crippen LogP contribution < -0.4 is 4.72 Å². The summed E-state index contributed by atoms with van der Waals surface area (Å²) in [5, 5.41) is 9.32. The third kappa shape index (κ3) is 2.83. The van der Waals surface area contributed by atoms with Crippen molar-refractivity contribution in [2.75, 3.05) is 33.2 Å². The molecule has 102 valence electrons. The van der Waals surface area contributed by atoms with Gasteiger partial charge in [0, 0.05) is 26.2 Å². The summed E-state index contributed by atoms with van der Waals surface area (Å²) >= 11 is 0. The summed E-state index contributed by atoms with van der Waals surface area (Å²) in [7, 11) is -1.52. The van der Waals surface area contributed by atoms with Gasteiger partial charge < -0.3 is 4.90 Å². The Morgan fingerprint density at radius 2 is 1.72 bits per heavy atom. The highest BCUT2D eigenvalue weighted by Crippen LogP contribution is 2.23. The molecular weight excluding hydrogens is 252 g/mol. The third-order valence-corrected chi connectivity index (χ3v) is 5.48. The maximum atomic E-state index is 12.2. The van der Waals surface area contributed by atoms with E-state index in [1.807, 2.05) is 7.05 Å². The highest BCUT2D eigenvalue weighted by molar-refractivity contribution is 7.87. The molecule has 0 radical (unpaired) electrons. The topological polar surface area (TPSA) is 76.4 Å². The lowest BCUT2D eigenvalue weighted by atomic mass is 9.91. The zero-order valence-electron chi connectivity index (χ0n) is 10.7. The molecule has 2 rings (SSSR count). The van der Waals surface area contributed by atoms with Gasteiger partial charge in [0.1, 0.15) is 5.54 Å². The second-order valence-corrected chi connectivity index (χ2v) is 6.88. The number of nitriles is 1. The molecule has 0 amide bonds. The monoisotopic (exact) mass is 272 g/mol. The molecule has 0 aliphatic carbocycles. The van der Waals surface area contributed by atoms with E-state index in [1.54, 1.807) is 0 Å². The van der Waals surface area contributed by atoms with Gasteiger partial charge in [-0.05, 0) is 32.7 Å². The Balaban J connectivity index is 2.08. The molecule has 2 heterocycles. The average molecular weight is 272 g/mol. The molecule has 6 nitrogen and oxygen atoms in total. The minimum absolute atomic E-state index is 0.549. The molecule has 0 spiro atoms. The molecular formula is C11H20N4O2S. The van der Waals surface area contributed by atoms with Gasteiger partial charge >= 0.3 is 0 Å². The Labute approximate surface area is 109 Å². The van der Waals surface area contributed by atoms with Crippen LogP contribution in [0.15, 0.2) is 0 Å². The molecule has 2 fully saturated rings. The van der Waals surface area contributed by atoms with Crippen LogP contribution in [0.3, 0.4) is 0 Å². The van der Waals surface area contributed by atoms with Gasteiger partial charge in [0.05, 0.1) is 6.07 Å². The molecule has 0 aromatic heterocycles. The summed E-state index contributed by atoms with van der Waals surface area (Å²) < 4.78 is 28.5. The van der Waals surface area contributed by atoms with Crippen LogP contribution in [0.25, 0.3) is 0 Å². The highest BCUT2D eigenvalue weighted by Gasteiger charge is 2.39. The third-order valence-electron chi connectivity index (χ3n) is 3.78. The van der Waals surface area contributed by atoms with Crippen LogP contribution >= 0.6 is 0 Å². The number of nitrogens with zero attached hydrogens (tertiary/aromatic N) is 3.